The van der Waals surface area contributed by atoms with Crippen LogP contribution < -0.4 is 4.74 Å². The number of sulfone groups is 1. The van der Waals surface area contributed by atoms with E-state index in [2.05, 4.69) is 9.97 Å². The molecule has 0 atom stereocenters. The Balaban J connectivity index is 1.85. The number of carbonyl (C=O) groups excluding carboxylic acids is 1. The second-order valence-electron chi connectivity index (χ2n) is 6.09. The summed E-state index contributed by atoms with van der Waals surface area (Å²) in [5.74, 6) is -3.78. The Kier molecular flexibility index (Phi) is 5.99. The molecular weight excluding hydrogens is 440 g/mol. The molecule has 3 aromatic rings. The molecule has 30 heavy (non-hydrogen) atoms. The molecule has 0 saturated carbocycles. The van der Waals surface area contributed by atoms with Crippen LogP contribution in [0.15, 0.2) is 47.5 Å². The molecule has 0 unspecified atom stereocenters. The van der Waals surface area contributed by atoms with Crippen molar-refractivity contribution in [3.8, 4) is 17.1 Å². The Morgan fingerprint density at radius 2 is 1.90 bits per heavy atom. The number of imidazole rings is 1. The van der Waals surface area contributed by atoms with Crippen molar-refractivity contribution in [2.24, 2.45) is 0 Å². The second-order valence-corrected chi connectivity index (χ2v) is 8.46. The van der Waals surface area contributed by atoms with Crippen LogP contribution in [0.2, 0.25) is 5.02 Å². The van der Waals surface area contributed by atoms with Gasteiger partial charge in [0.1, 0.15) is 34.7 Å². The zero-order valence-corrected chi connectivity index (χ0v) is 16.9. The number of hydrogen-bond acceptors (Lipinski definition) is 6. The van der Waals surface area contributed by atoms with Crippen LogP contribution in [0.5, 0.6) is 5.75 Å². The number of carbonyl (C=O) groups is 1. The molecule has 0 aliphatic rings. The van der Waals surface area contributed by atoms with Crippen LogP contribution in [0.1, 0.15) is 10.5 Å². The third-order valence-electron chi connectivity index (χ3n) is 4.09. The highest BCUT2D eigenvalue weighted by Gasteiger charge is 2.26. The van der Waals surface area contributed by atoms with Gasteiger partial charge in [0, 0.05) is 12.3 Å². The molecular formula is C19H14ClF2N3O4S. The first-order valence-corrected chi connectivity index (χ1v) is 10.3. The summed E-state index contributed by atoms with van der Waals surface area (Å²) in [7, 11) is -2.80. The van der Waals surface area contributed by atoms with Gasteiger partial charge < -0.3 is 15.1 Å². The Bertz CT molecular complexity index is 1240. The normalized spacial score (nSPS) is 11.3. The van der Waals surface area contributed by atoms with Crippen LogP contribution in [-0.4, -0.2) is 42.7 Å². The number of halogens is 3. The van der Waals surface area contributed by atoms with Gasteiger partial charge in [-0.25, -0.2) is 22.2 Å². The van der Waals surface area contributed by atoms with E-state index in [1.807, 2.05) is 0 Å². The van der Waals surface area contributed by atoms with Gasteiger partial charge in [0.2, 0.25) is 5.78 Å². The lowest BCUT2D eigenvalue weighted by Gasteiger charge is -2.08. The van der Waals surface area contributed by atoms with Crippen LogP contribution in [-0.2, 0) is 9.84 Å². The van der Waals surface area contributed by atoms with Crippen LogP contribution >= 0.6 is 11.6 Å². The zero-order valence-electron chi connectivity index (χ0n) is 15.4. The fourth-order valence-corrected chi connectivity index (χ4v) is 4.42. The summed E-state index contributed by atoms with van der Waals surface area (Å²) in [5.41, 5.74) is -1.62. The maximum Gasteiger partial charge on any atom is 0.227 e. The van der Waals surface area contributed by atoms with Gasteiger partial charge in [-0.15, -0.1) is 0 Å². The topological polar surface area (TPSA) is 113 Å². The minimum absolute atomic E-state index is 0.0897. The summed E-state index contributed by atoms with van der Waals surface area (Å²) in [5, 5.41) is 7.81. The van der Waals surface area contributed by atoms with Crippen molar-refractivity contribution in [1.82, 2.24) is 9.97 Å². The predicted octanol–water partition coefficient (Wildman–Crippen LogP) is 3.69. The van der Waals surface area contributed by atoms with Crippen LogP contribution in [0, 0.1) is 17.0 Å². The van der Waals surface area contributed by atoms with Gasteiger partial charge in [-0.1, -0.05) is 17.7 Å². The number of rotatable bonds is 7. The number of ether oxygens (including phenoxy) is 1. The Hall–Kier alpha value is -3.11. The Labute approximate surface area is 175 Å². The molecule has 3 rings (SSSR count). The zero-order chi connectivity index (χ0) is 22.1. The minimum Gasteiger partial charge on any atom is -0.497 e. The first-order chi connectivity index (χ1) is 14.1. The van der Waals surface area contributed by atoms with E-state index in [0.717, 1.165) is 18.3 Å². The fraction of sp³-hybridized carbons (Fsp3) is 0.105. The van der Waals surface area contributed by atoms with Gasteiger partial charge in [0.15, 0.2) is 9.84 Å². The number of benzene rings is 2. The summed E-state index contributed by atoms with van der Waals surface area (Å²) in [6, 6.07) is 7.19. The van der Waals surface area contributed by atoms with Crippen molar-refractivity contribution >= 4 is 32.9 Å². The van der Waals surface area contributed by atoms with E-state index in [0.29, 0.717) is 0 Å². The molecule has 0 spiro atoms. The van der Waals surface area contributed by atoms with Crippen molar-refractivity contribution in [1.29, 1.82) is 5.41 Å². The first-order valence-electron chi connectivity index (χ1n) is 8.32. The number of ketones is 1. The molecule has 1 heterocycles. The van der Waals surface area contributed by atoms with Crippen molar-refractivity contribution in [3.05, 3.63) is 64.9 Å². The average molecular weight is 454 g/mol. The highest BCUT2D eigenvalue weighted by molar-refractivity contribution is 7.92. The Morgan fingerprint density at radius 3 is 2.53 bits per heavy atom. The molecule has 0 aliphatic heterocycles. The van der Waals surface area contributed by atoms with Crippen LogP contribution in [0.3, 0.4) is 0 Å². The fourth-order valence-electron chi connectivity index (χ4n) is 2.63. The molecule has 2 aromatic carbocycles. The number of nitrogens with one attached hydrogen (secondary N) is 2. The lowest BCUT2D eigenvalue weighted by atomic mass is 10.2. The van der Waals surface area contributed by atoms with Crippen LogP contribution in [0.25, 0.3) is 11.4 Å². The van der Waals surface area contributed by atoms with Gasteiger partial charge in [0.05, 0.1) is 28.3 Å². The van der Waals surface area contributed by atoms with Crippen molar-refractivity contribution in [2.45, 2.75) is 4.90 Å². The minimum atomic E-state index is -4.15. The summed E-state index contributed by atoms with van der Waals surface area (Å²) in [4.78, 5) is 18.4. The molecule has 0 bridgehead atoms. The summed E-state index contributed by atoms with van der Waals surface area (Å²) < 4.78 is 58.0. The van der Waals surface area contributed by atoms with E-state index < -0.39 is 44.3 Å². The highest BCUT2D eigenvalue weighted by Crippen LogP contribution is 2.27. The van der Waals surface area contributed by atoms with E-state index in [1.54, 1.807) is 0 Å². The predicted molar refractivity (Wildman–Crippen MR) is 106 cm³/mol. The van der Waals surface area contributed by atoms with Crippen molar-refractivity contribution in [2.75, 3.05) is 12.9 Å². The van der Waals surface area contributed by atoms with Gasteiger partial charge >= 0.3 is 0 Å². The smallest absolute Gasteiger partial charge is 0.227 e. The van der Waals surface area contributed by atoms with E-state index in [-0.39, 0.29) is 27.2 Å². The maximum absolute atomic E-state index is 13.9. The third-order valence-corrected chi connectivity index (χ3v) is 6.21. The first kappa shape index (κ1) is 21.6. The van der Waals surface area contributed by atoms with E-state index in [1.165, 1.54) is 31.4 Å². The van der Waals surface area contributed by atoms with Crippen molar-refractivity contribution in [3.63, 3.8) is 0 Å². The lowest BCUT2D eigenvalue weighted by Crippen LogP contribution is -2.24. The SMILES string of the molecule is COc1ccc(Cl)c(S(=O)(=O)CC(=N)C(=O)c2c[nH]c(-c3c(F)cccc3F)n2)c1. The quantitative estimate of drug-likeness (QED) is 0.418. The molecule has 7 nitrogen and oxygen atoms in total. The molecule has 2 N–H and O–H groups in total. The molecule has 0 saturated heterocycles. The lowest BCUT2D eigenvalue weighted by molar-refractivity contribution is 0.106. The third kappa shape index (κ3) is 4.24. The molecule has 156 valence electrons. The summed E-state index contributed by atoms with van der Waals surface area (Å²) in [6.07, 6.45) is 1.04. The average Bonchev–Trinajstić information content (AvgIpc) is 3.16. The van der Waals surface area contributed by atoms with Gasteiger partial charge in [-0.05, 0) is 24.3 Å². The van der Waals surface area contributed by atoms with E-state index >= 15 is 0 Å². The number of aromatic nitrogens is 2. The monoisotopic (exact) mass is 453 g/mol. The number of nitrogens with zero attached hydrogens (tertiary/aromatic N) is 1. The standard InChI is InChI=1S/C19H14ClF2N3O4S/c1-29-10-5-6-11(20)16(7-10)30(27,28)9-14(23)18(26)15-8-24-19(25-15)17-12(21)3-2-4-13(17)22/h2-8,23H,9H2,1H3,(H,24,25). The summed E-state index contributed by atoms with van der Waals surface area (Å²) >= 11 is 5.94. The molecule has 0 amide bonds. The molecule has 0 fully saturated rings. The largest absolute Gasteiger partial charge is 0.497 e. The number of methoxy groups -OCH3 is 1. The number of H-pyrrole nitrogens is 1. The number of hydrogen-bond donors (Lipinski definition) is 2. The van der Waals surface area contributed by atoms with Gasteiger partial charge in [-0.2, -0.15) is 0 Å². The Morgan fingerprint density at radius 1 is 1.23 bits per heavy atom. The highest BCUT2D eigenvalue weighted by atomic mass is 35.5. The molecule has 1 aromatic heterocycles. The van der Waals surface area contributed by atoms with E-state index in [4.69, 9.17) is 21.7 Å². The second kappa shape index (κ2) is 8.33. The number of aromatic amines is 1. The van der Waals surface area contributed by atoms with E-state index in [9.17, 15) is 22.0 Å². The number of Topliss-reactive ketones (excluding diaryl/α,β-unsaturated/α-hetero) is 1. The molecule has 0 radical (unpaired) electrons. The van der Waals surface area contributed by atoms with Crippen LogP contribution in [0.4, 0.5) is 8.78 Å². The van der Waals surface area contributed by atoms with Gasteiger partial charge in [0.25, 0.3) is 0 Å². The maximum atomic E-state index is 13.9. The molecule has 0 aliphatic carbocycles. The van der Waals surface area contributed by atoms with Crippen molar-refractivity contribution < 1.29 is 26.7 Å². The molecule has 11 heteroatoms. The van der Waals surface area contributed by atoms with Gasteiger partial charge in [-0.3, -0.25) is 4.79 Å². The summed E-state index contributed by atoms with van der Waals surface area (Å²) in [6.45, 7) is 0.